The Morgan fingerprint density at radius 1 is 1.21 bits per heavy atom. The number of aromatic amines is 1. The number of H-pyrrole nitrogens is 1. The van der Waals surface area contributed by atoms with E-state index in [1.54, 1.807) is 12.1 Å². The molecule has 0 spiro atoms. The summed E-state index contributed by atoms with van der Waals surface area (Å²) in [5.41, 5.74) is 2.87. The summed E-state index contributed by atoms with van der Waals surface area (Å²) < 4.78 is 0. The molecule has 2 rings (SSSR count). The van der Waals surface area contributed by atoms with Crippen molar-refractivity contribution in [3.63, 3.8) is 0 Å². The van der Waals surface area contributed by atoms with Gasteiger partial charge in [-0.3, -0.25) is 0 Å². The number of pyridine rings is 1. The Morgan fingerprint density at radius 2 is 1.93 bits per heavy atom. The van der Waals surface area contributed by atoms with Gasteiger partial charge < -0.3 is 5.11 Å². The van der Waals surface area contributed by atoms with Crippen molar-refractivity contribution < 1.29 is 29.0 Å². The summed E-state index contributed by atoms with van der Waals surface area (Å²) in [7, 11) is 0. The summed E-state index contributed by atoms with van der Waals surface area (Å²) in [6, 6.07) is 7.38. The predicted molar refractivity (Wildman–Crippen MR) is 49.4 cm³/mol. The molecule has 0 bridgehead atoms. The standard InChI is InChI=1S/C11H11NO.Li/c1-7-6-8(2)12-11-9(7)4-3-5-10(11)13;/h3-6,13H,1-2H3;/q;+1. The van der Waals surface area contributed by atoms with Crippen LogP contribution in [0.4, 0.5) is 0 Å². The molecule has 2 aromatic rings. The monoisotopic (exact) mass is 180 g/mol. The van der Waals surface area contributed by atoms with Gasteiger partial charge in [0.1, 0.15) is 0 Å². The van der Waals surface area contributed by atoms with Gasteiger partial charge in [-0.05, 0) is 24.3 Å². The van der Waals surface area contributed by atoms with Gasteiger partial charge in [-0.25, -0.2) is 4.98 Å². The van der Waals surface area contributed by atoms with Crippen molar-refractivity contribution in [2.75, 3.05) is 0 Å². The topological polar surface area (TPSA) is 37.2 Å². The van der Waals surface area contributed by atoms with Gasteiger partial charge in [0, 0.05) is 18.4 Å². The van der Waals surface area contributed by atoms with Crippen LogP contribution < -0.4 is 29.0 Å². The number of hydrogen-bond donors (Lipinski definition) is 0. The van der Waals surface area contributed by atoms with Crippen LogP contribution in [0.2, 0.25) is 0 Å². The number of para-hydroxylation sites is 1. The molecular weight excluding hydrogens is 169 g/mol. The molecule has 0 unspecified atom stereocenters. The first-order chi connectivity index (χ1) is 6.18. The van der Waals surface area contributed by atoms with Crippen molar-refractivity contribution in [3.05, 3.63) is 35.5 Å². The Balaban J connectivity index is 0.000000980. The minimum atomic E-state index is 0. The summed E-state index contributed by atoms with van der Waals surface area (Å²) >= 11 is 0. The van der Waals surface area contributed by atoms with Crippen LogP contribution in [0, 0.1) is 13.8 Å². The van der Waals surface area contributed by atoms with Crippen LogP contribution in [-0.2, 0) is 0 Å². The fourth-order valence-corrected chi connectivity index (χ4v) is 1.62. The normalized spacial score (nSPS) is 9.86. The largest absolute Gasteiger partial charge is 1.00 e. The molecule has 0 aliphatic heterocycles. The third kappa shape index (κ3) is 1.77. The van der Waals surface area contributed by atoms with Gasteiger partial charge in [-0.2, -0.15) is 0 Å². The minimum Gasteiger partial charge on any atom is -0.868 e. The Kier molecular flexibility index (Phi) is 3.20. The third-order valence-electron chi connectivity index (χ3n) is 2.21. The van der Waals surface area contributed by atoms with E-state index < -0.39 is 0 Å². The van der Waals surface area contributed by atoms with Crippen LogP contribution in [0.25, 0.3) is 10.9 Å². The number of nitrogens with one attached hydrogen (secondary N) is 1. The molecule has 1 N–H and O–H groups in total. The molecular formula is C11H11LiNO+. The Labute approximate surface area is 95.2 Å². The summed E-state index contributed by atoms with van der Waals surface area (Å²) in [5.74, 6) is 0.0595. The molecule has 0 atom stereocenters. The maximum Gasteiger partial charge on any atom is 1.00 e. The van der Waals surface area contributed by atoms with Crippen molar-refractivity contribution in [1.82, 2.24) is 0 Å². The molecule has 0 radical (unpaired) electrons. The summed E-state index contributed by atoms with van der Waals surface area (Å²) in [4.78, 5) is 3.09. The van der Waals surface area contributed by atoms with E-state index in [0.29, 0.717) is 5.52 Å². The molecule has 1 aromatic heterocycles. The molecule has 66 valence electrons. The zero-order valence-corrected chi connectivity index (χ0v) is 8.72. The zero-order chi connectivity index (χ0) is 9.42. The van der Waals surface area contributed by atoms with Gasteiger partial charge in [0.05, 0.1) is 0 Å². The molecule has 14 heavy (non-hydrogen) atoms. The summed E-state index contributed by atoms with van der Waals surface area (Å²) in [6.07, 6.45) is 0. The van der Waals surface area contributed by atoms with Gasteiger partial charge in [0.2, 0.25) is 5.52 Å². The van der Waals surface area contributed by atoms with Crippen molar-refractivity contribution in [1.29, 1.82) is 0 Å². The van der Waals surface area contributed by atoms with E-state index in [0.717, 1.165) is 16.6 Å². The van der Waals surface area contributed by atoms with E-state index in [2.05, 4.69) is 4.98 Å². The van der Waals surface area contributed by atoms with Crippen molar-refractivity contribution in [2.45, 2.75) is 13.8 Å². The fourth-order valence-electron chi connectivity index (χ4n) is 1.62. The SMILES string of the molecule is Cc1cc(C)c2cccc([O-])c2[nH+]1.[Li+]. The maximum absolute atomic E-state index is 11.5. The second-order valence-corrected chi connectivity index (χ2v) is 3.31. The van der Waals surface area contributed by atoms with Crippen LogP contribution in [0.3, 0.4) is 0 Å². The van der Waals surface area contributed by atoms with Crippen molar-refractivity contribution in [2.24, 2.45) is 0 Å². The molecule has 1 aromatic carbocycles. The second-order valence-electron chi connectivity index (χ2n) is 3.31. The van der Waals surface area contributed by atoms with Crippen LogP contribution >= 0.6 is 0 Å². The van der Waals surface area contributed by atoms with Gasteiger partial charge >= 0.3 is 18.9 Å². The van der Waals surface area contributed by atoms with Crippen molar-refractivity contribution in [3.8, 4) is 5.75 Å². The first-order valence-corrected chi connectivity index (χ1v) is 4.28. The van der Waals surface area contributed by atoms with Crippen LogP contribution in [0.1, 0.15) is 11.3 Å². The first-order valence-electron chi connectivity index (χ1n) is 4.28. The number of aromatic nitrogens is 1. The van der Waals surface area contributed by atoms with Crippen LogP contribution in [0.5, 0.6) is 5.75 Å². The summed E-state index contributed by atoms with van der Waals surface area (Å²) in [6.45, 7) is 3.97. The average Bonchev–Trinajstić information content (AvgIpc) is 2.07. The van der Waals surface area contributed by atoms with E-state index >= 15 is 0 Å². The number of aryl methyl sites for hydroxylation is 2. The fraction of sp³-hybridized carbons (Fsp3) is 0.182. The summed E-state index contributed by atoms with van der Waals surface area (Å²) in [5, 5.41) is 12.5. The number of fused-ring (bicyclic) bond motifs is 1. The first kappa shape index (κ1) is 11.1. The molecule has 0 fully saturated rings. The van der Waals surface area contributed by atoms with E-state index in [1.807, 2.05) is 26.0 Å². The molecule has 0 aliphatic rings. The van der Waals surface area contributed by atoms with Gasteiger partial charge in [-0.1, -0.05) is 12.1 Å². The van der Waals surface area contributed by atoms with E-state index in [9.17, 15) is 5.11 Å². The van der Waals surface area contributed by atoms with Crippen LogP contribution in [0.15, 0.2) is 24.3 Å². The van der Waals surface area contributed by atoms with E-state index in [-0.39, 0.29) is 24.6 Å². The van der Waals surface area contributed by atoms with Gasteiger partial charge in [-0.15, -0.1) is 0 Å². The molecule has 2 nitrogen and oxygen atoms in total. The maximum atomic E-state index is 11.5. The molecule has 0 amide bonds. The number of hydrogen-bond acceptors (Lipinski definition) is 1. The van der Waals surface area contributed by atoms with Gasteiger partial charge in [0.15, 0.2) is 5.69 Å². The predicted octanol–water partition coefficient (Wildman–Crippen LogP) is -1.65. The van der Waals surface area contributed by atoms with E-state index in [4.69, 9.17) is 0 Å². The zero-order valence-electron chi connectivity index (χ0n) is 8.72. The Bertz CT molecular complexity index is 468. The molecule has 1 heterocycles. The van der Waals surface area contributed by atoms with Gasteiger partial charge in [0.25, 0.3) is 0 Å². The molecule has 0 saturated heterocycles. The third-order valence-corrected chi connectivity index (χ3v) is 2.21. The number of benzene rings is 1. The average molecular weight is 180 g/mol. The smallest absolute Gasteiger partial charge is 0.868 e. The van der Waals surface area contributed by atoms with E-state index in [1.165, 1.54) is 0 Å². The molecule has 3 heteroatoms. The Hall–Kier alpha value is -0.973. The minimum absolute atomic E-state index is 0. The van der Waals surface area contributed by atoms with Crippen molar-refractivity contribution >= 4 is 10.9 Å². The molecule has 0 aliphatic carbocycles. The quantitative estimate of drug-likeness (QED) is 0.447. The molecule has 0 saturated carbocycles. The number of rotatable bonds is 0. The second kappa shape index (κ2) is 4.04. The van der Waals surface area contributed by atoms with Crippen LogP contribution in [-0.4, -0.2) is 0 Å². The Morgan fingerprint density at radius 3 is 2.64 bits per heavy atom.